The van der Waals surface area contributed by atoms with Crippen molar-refractivity contribution in [2.75, 3.05) is 0 Å². The van der Waals surface area contributed by atoms with Crippen LogP contribution >= 0.6 is 23.1 Å². The molecule has 0 aliphatic rings. The Morgan fingerprint density at radius 1 is 1.20 bits per heavy atom. The summed E-state index contributed by atoms with van der Waals surface area (Å²) in [6.07, 6.45) is 1.16. The van der Waals surface area contributed by atoms with E-state index in [0.717, 1.165) is 33.9 Å². The smallest absolute Gasteiger partial charge is 0.278 e. The van der Waals surface area contributed by atoms with Crippen LogP contribution in [0.4, 0.5) is 13.2 Å². The first kappa shape index (κ1) is 19.9. The summed E-state index contributed by atoms with van der Waals surface area (Å²) in [4.78, 5) is 25.0. The number of thioether (sulfide) groups is 1. The molecule has 4 aromatic rings. The number of hydrogen-bond acceptors (Lipinski definition) is 8. The Kier molecular flexibility index (Phi) is 5.15. The molecule has 7 nitrogen and oxygen atoms in total. The molecular formula is C18H8F3N5O2S2. The zero-order chi connectivity index (χ0) is 21.4. The molecule has 3 heterocycles. The van der Waals surface area contributed by atoms with Gasteiger partial charge in [0.2, 0.25) is 5.88 Å². The zero-order valence-corrected chi connectivity index (χ0v) is 16.3. The first-order valence-electron chi connectivity index (χ1n) is 8.11. The zero-order valence-electron chi connectivity index (χ0n) is 14.6. The molecular weight excluding hydrogens is 439 g/mol. The molecule has 4 rings (SSSR count). The fraction of sp³-hybridized carbons (Fsp3) is 0.0556. The Labute approximate surface area is 174 Å². The van der Waals surface area contributed by atoms with Crippen molar-refractivity contribution in [3.63, 3.8) is 0 Å². The number of nitrogens with zero attached hydrogens (tertiary/aromatic N) is 5. The van der Waals surface area contributed by atoms with Crippen molar-refractivity contribution in [1.82, 2.24) is 19.5 Å². The molecule has 1 N–H and O–H groups in total. The molecule has 12 heteroatoms. The SMILES string of the molecule is N#Cc1cc(-n2c(SCc3c(F)cc(F)cc3F)nc3ncsc3c2=O)cnc1O. The van der Waals surface area contributed by atoms with Crippen molar-refractivity contribution in [1.29, 1.82) is 5.26 Å². The number of halogens is 3. The van der Waals surface area contributed by atoms with Crippen LogP contribution in [0.3, 0.4) is 0 Å². The van der Waals surface area contributed by atoms with Gasteiger partial charge in [-0.25, -0.2) is 28.1 Å². The van der Waals surface area contributed by atoms with Gasteiger partial charge in [0, 0.05) is 23.4 Å². The highest BCUT2D eigenvalue weighted by Gasteiger charge is 2.19. The number of benzene rings is 1. The van der Waals surface area contributed by atoms with Crippen LogP contribution in [0.1, 0.15) is 11.1 Å². The summed E-state index contributed by atoms with van der Waals surface area (Å²) in [6, 6.07) is 4.12. The van der Waals surface area contributed by atoms with E-state index in [1.165, 1.54) is 11.6 Å². The van der Waals surface area contributed by atoms with E-state index >= 15 is 0 Å². The van der Waals surface area contributed by atoms with Crippen molar-refractivity contribution in [3.8, 4) is 17.6 Å². The average Bonchev–Trinajstić information content (AvgIpc) is 3.17. The number of rotatable bonds is 4. The third-order valence-electron chi connectivity index (χ3n) is 4.02. The Morgan fingerprint density at radius 2 is 1.93 bits per heavy atom. The predicted molar refractivity (Wildman–Crippen MR) is 103 cm³/mol. The van der Waals surface area contributed by atoms with Gasteiger partial charge in [0.1, 0.15) is 33.8 Å². The summed E-state index contributed by atoms with van der Waals surface area (Å²) >= 11 is 1.87. The van der Waals surface area contributed by atoms with E-state index in [9.17, 15) is 23.1 Å². The minimum absolute atomic E-state index is 0.0258. The van der Waals surface area contributed by atoms with Crippen molar-refractivity contribution in [2.45, 2.75) is 10.9 Å². The van der Waals surface area contributed by atoms with Crippen LogP contribution in [0.15, 0.2) is 39.9 Å². The van der Waals surface area contributed by atoms with Crippen molar-refractivity contribution in [3.05, 3.63) is 68.8 Å². The predicted octanol–water partition coefficient (Wildman–Crippen LogP) is 3.52. The molecule has 150 valence electrons. The topological polar surface area (TPSA) is 105 Å². The van der Waals surface area contributed by atoms with E-state index < -0.39 is 28.9 Å². The molecule has 0 atom stereocenters. The van der Waals surface area contributed by atoms with Gasteiger partial charge >= 0.3 is 0 Å². The second kappa shape index (κ2) is 7.77. The van der Waals surface area contributed by atoms with Crippen molar-refractivity contribution < 1.29 is 18.3 Å². The van der Waals surface area contributed by atoms with E-state index in [1.54, 1.807) is 6.07 Å². The van der Waals surface area contributed by atoms with Gasteiger partial charge in [-0.15, -0.1) is 11.3 Å². The Balaban J connectivity index is 1.85. The quantitative estimate of drug-likeness (QED) is 0.377. The molecule has 0 amide bonds. The van der Waals surface area contributed by atoms with E-state index in [2.05, 4.69) is 15.0 Å². The highest BCUT2D eigenvalue weighted by molar-refractivity contribution is 7.98. The van der Waals surface area contributed by atoms with Crippen molar-refractivity contribution in [2.24, 2.45) is 0 Å². The minimum Gasteiger partial charge on any atom is -0.492 e. The Morgan fingerprint density at radius 3 is 2.63 bits per heavy atom. The number of thiazole rings is 1. The highest BCUT2D eigenvalue weighted by Crippen LogP contribution is 2.28. The normalized spacial score (nSPS) is 11.0. The van der Waals surface area contributed by atoms with Gasteiger partial charge in [-0.3, -0.25) is 9.36 Å². The molecule has 0 fully saturated rings. The Hall–Kier alpha value is -3.43. The monoisotopic (exact) mass is 447 g/mol. The minimum atomic E-state index is -1.07. The lowest BCUT2D eigenvalue weighted by Crippen LogP contribution is -2.21. The fourth-order valence-electron chi connectivity index (χ4n) is 2.62. The average molecular weight is 447 g/mol. The summed E-state index contributed by atoms with van der Waals surface area (Å²) in [5, 5.41) is 18.8. The fourth-order valence-corrected chi connectivity index (χ4v) is 4.29. The van der Waals surface area contributed by atoms with E-state index in [-0.39, 0.29) is 38.1 Å². The lowest BCUT2D eigenvalue weighted by molar-refractivity contribution is 0.451. The molecule has 0 saturated heterocycles. The Bertz CT molecular complexity index is 1370. The number of aromatic hydroxyl groups is 1. The summed E-state index contributed by atoms with van der Waals surface area (Å²) in [7, 11) is 0. The van der Waals surface area contributed by atoms with Crippen LogP contribution in [0.2, 0.25) is 0 Å². The first-order chi connectivity index (χ1) is 14.4. The third kappa shape index (κ3) is 3.49. The second-order valence-electron chi connectivity index (χ2n) is 5.85. The van der Waals surface area contributed by atoms with Gasteiger partial charge in [0.15, 0.2) is 10.8 Å². The van der Waals surface area contributed by atoms with Gasteiger partial charge in [0.25, 0.3) is 5.56 Å². The highest BCUT2D eigenvalue weighted by atomic mass is 32.2. The van der Waals surface area contributed by atoms with Crippen LogP contribution in [0.25, 0.3) is 16.0 Å². The first-order valence-corrected chi connectivity index (χ1v) is 9.97. The third-order valence-corrected chi connectivity index (χ3v) is 5.79. The molecule has 0 radical (unpaired) electrons. The van der Waals surface area contributed by atoms with Crippen LogP contribution in [-0.4, -0.2) is 24.6 Å². The molecule has 0 spiro atoms. The van der Waals surface area contributed by atoms with E-state index in [4.69, 9.17) is 5.26 Å². The lowest BCUT2D eigenvalue weighted by atomic mass is 10.2. The lowest BCUT2D eigenvalue weighted by Gasteiger charge is -2.12. The van der Waals surface area contributed by atoms with Crippen LogP contribution in [0.5, 0.6) is 5.88 Å². The van der Waals surface area contributed by atoms with Gasteiger partial charge < -0.3 is 5.11 Å². The van der Waals surface area contributed by atoms with Crippen molar-refractivity contribution >= 4 is 33.4 Å². The van der Waals surface area contributed by atoms with E-state index in [0.29, 0.717) is 12.1 Å². The largest absolute Gasteiger partial charge is 0.492 e. The number of hydrogen-bond donors (Lipinski definition) is 1. The van der Waals surface area contributed by atoms with Gasteiger partial charge in [-0.2, -0.15) is 5.26 Å². The molecule has 0 bridgehead atoms. The molecule has 0 aliphatic heterocycles. The standard InChI is InChI=1S/C18H8F3N5O2S2/c19-9-2-12(20)11(13(21)3-9)6-29-18-25-15-14(30-7-24-15)17(28)26(18)10-1-8(4-22)16(27)23-5-10/h1-3,5,7H,6H2,(H,23,27). The number of nitriles is 1. The summed E-state index contributed by atoms with van der Waals surface area (Å²) in [5.41, 5.74) is 0.613. The van der Waals surface area contributed by atoms with E-state index in [1.807, 2.05) is 0 Å². The van der Waals surface area contributed by atoms with Gasteiger partial charge in [-0.1, -0.05) is 11.8 Å². The maximum Gasteiger partial charge on any atom is 0.278 e. The number of aromatic nitrogens is 4. The van der Waals surface area contributed by atoms with Gasteiger partial charge in [-0.05, 0) is 6.07 Å². The summed E-state index contributed by atoms with van der Waals surface area (Å²) < 4.78 is 42.5. The molecule has 3 aromatic heterocycles. The number of fused-ring (bicyclic) bond motifs is 1. The summed E-state index contributed by atoms with van der Waals surface area (Å²) in [5.74, 6) is -3.98. The molecule has 0 unspecified atom stereocenters. The van der Waals surface area contributed by atoms with Gasteiger partial charge in [0.05, 0.1) is 17.4 Å². The van der Waals surface area contributed by atoms with Crippen LogP contribution in [-0.2, 0) is 5.75 Å². The molecule has 0 aliphatic carbocycles. The second-order valence-corrected chi connectivity index (χ2v) is 7.65. The van der Waals surface area contributed by atoms with Crippen LogP contribution in [0, 0.1) is 28.8 Å². The maximum absolute atomic E-state index is 14.0. The molecule has 30 heavy (non-hydrogen) atoms. The molecule has 1 aromatic carbocycles. The number of pyridine rings is 1. The molecule has 0 saturated carbocycles. The maximum atomic E-state index is 14.0. The van der Waals surface area contributed by atoms with Crippen LogP contribution < -0.4 is 5.56 Å². The summed E-state index contributed by atoms with van der Waals surface area (Å²) in [6.45, 7) is 0.